The Labute approximate surface area is 59.6 Å². The van der Waals surface area contributed by atoms with E-state index in [2.05, 4.69) is 0 Å². The van der Waals surface area contributed by atoms with E-state index in [1.165, 1.54) is 0 Å². The quantitative estimate of drug-likeness (QED) is 0.498. The number of carbonyl (C=O) groups excluding carboxylic acids is 1. The van der Waals surface area contributed by atoms with Crippen molar-refractivity contribution in [3.63, 3.8) is 0 Å². The van der Waals surface area contributed by atoms with E-state index in [0.29, 0.717) is 12.5 Å². The summed E-state index contributed by atoms with van der Waals surface area (Å²) in [6, 6.07) is 0. The van der Waals surface area contributed by atoms with E-state index in [4.69, 9.17) is 0 Å². The van der Waals surface area contributed by atoms with E-state index in [9.17, 15) is 9.90 Å². The maximum absolute atomic E-state index is 10.8. The smallest absolute Gasteiger partial charge is 0.219 e. The van der Waals surface area contributed by atoms with E-state index in [1.54, 1.807) is 11.8 Å². The molecule has 1 heterocycles. The van der Waals surface area contributed by atoms with E-state index in [0.717, 1.165) is 13.0 Å². The number of likely N-dealkylation sites (tertiary alicyclic amines) is 1. The van der Waals surface area contributed by atoms with Crippen LogP contribution in [0.5, 0.6) is 0 Å². The van der Waals surface area contributed by atoms with Gasteiger partial charge in [0, 0.05) is 25.9 Å². The third kappa shape index (κ3) is 0.669. The van der Waals surface area contributed by atoms with Crippen LogP contribution in [0.3, 0.4) is 0 Å². The normalized spacial score (nSPS) is 43.4. The van der Waals surface area contributed by atoms with Crippen LogP contribution in [0.4, 0.5) is 0 Å². The van der Waals surface area contributed by atoms with Crippen LogP contribution in [0.25, 0.3) is 0 Å². The zero-order valence-corrected chi connectivity index (χ0v) is 6.00. The highest BCUT2D eigenvalue weighted by Gasteiger charge is 2.59. The Balaban J connectivity index is 2.04. The summed E-state index contributed by atoms with van der Waals surface area (Å²) in [6.45, 7) is 2.88. The lowest BCUT2D eigenvalue weighted by Crippen LogP contribution is -2.31. The molecule has 0 aromatic carbocycles. The molecule has 1 saturated carbocycles. The van der Waals surface area contributed by atoms with Gasteiger partial charge in [0.2, 0.25) is 5.91 Å². The lowest BCUT2D eigenvalue weighted by Gasteiger charge is -2.15. The molecular formula is C7H11NO2. The molecular weight excluding hydrogens is 130 g/mol. The number of fused-ring (bicyclic) bond motifs is 1. The van der Waals surface area contributed by atoms with Crippen LogP contribution >= 0.6 is 0 Å². The van der Waals surface area contributed by atoms with Crippen molar-refractivity contribution in [3.05, 3.63) is 0 Å². The van der Waals surface area contributed by atoms with E-state index in [-0.39, 0.29) is 5.91 Å². The number of piperidine rings is 1. The van der Waals surface area contributed by atoms with Crippen molar-refractivity contribution in [2.24, 2.45) is 5.92 Å². The molecule has 1 saturated heterocycles. The largest absolute Gasteiger partial charge is 0.388 e. The lowest BCUT2D eigenvalue weighted by atomic mass is 10.3. The van der Waals surface area contributed by atoms with Gasteiger partial charge >= 0.3 is 0 Å². The monoisotopic (exact) mass is 141 g/mol. The Morgan fingerprint density at radius 2 is 2.50 bits per heavy atom. The molecule has 2 rings (SSSR count). The molecule has 2 atom stereocenters. The fourth-order valence-electron chi connectivity index (χ4n) is 1.70. The highest BCUT2D eigenvalue weighted by atomic mass is 16.3. The van der Waals surface area contributed by atoms with Gasteiger partial charge in [0.05, 0.1) is 5.60 Å². The fraction of sp³-hybridized carbons (Fsp3) is 0.857. The van der Waals surface area contributed by atoms with Crippen LogP contribution in [0, 0.1) is 5.92 Å². The topological polar surface area (TPSA) is 40.5 Å². The number of β-amino-alcohol motifs (C(OH)–C–C–N with tert-alkyl or cyclic N) is 1. The number of nitrogens with zero attached hydrogens (tertiary/aromatic N) is 1. The second kappa shape index (κ2) is 1.53. The first kappa shape index (κ1) is 6.16. The summed E-state index contributed by atoms with van der Waals surface area (Å²) >= 11 is 0. The first-order chi connectivity index (χ1) is 4.62. The number of aliphatic hydroxyl groups is 1. The third-order valence-corrected chi connectivity index (χ3v) is 2.55. The third-order valence-electron chi connectivity index (χ3n) is 2.55. The SMILES string of the molecule is CC(=O)N1CC2CC2(O)C1. The van der Waals surface area contributed by atoms with Gasteiger partial charge < -0.3 is 10.0 Å². The van der Waals surface area contributed by atoms with Gasteiger partial charge in [-0.15, -0.1) is 0 Å². The molecule has 0 spiro atoms. The Hall–Kier alpha value is -0.570. The molecule has 0 aromatic rings. The predicted molar refractivity (Wildman–Crippen MR) is 35.3 cm³/mol. The van der Waals surface area contributed by atoms with Gasteiger partial charge in [0.1, 0.15) is 0 Å². The van der Waals surface area contributed by atoms with Crippen molar-refractivity contribution in [1.82, 2.24) is 4.90 Å². The molecule has 0 radical (unpaired) electrons. The molecule has 1 aliphatic carbocycles. The van der Waals surface area contributed by atoms with Crippen LogP contribution in [-0.4, -0.2) is 34.6 Å². The van der Waals surface area contributed by atoms with Crippen molar-refractivity contribution in [2.75, 3.05) is 13.1 Å². The van der Waals surface area contributed by atoms with Gasteiger partial charge in [-0.05, 0) is 6.42 Å². The summed E-state index contributed by atoms with van der Waals surface area (Å²) in [6.07, 6.45) is 0.900. The summed E-state index contributed by atoms with van der Waals surface area (Å²) in [5.74, 6) is 0.469. The molecule has 0 aromatic heterocycles. The number of hydrogen-bond acceptors (Lipinski definition) is 2. The van der Waals surface area contributed by atoms with E-state index >= 15 is 0 Å². The molecule has 1 amide bonds. The van der Waals surface area contributed by atoms with Crippen LogP contribution in [-0.2, 0) is 4.79 Å². The molecule has 3 nitrogen and oxygen atoms in total. The Kier molecular flexibility index (Phi) is 0.944. The Morgan fingerprint density at radius 3 is 2.80 bits per heavy atom. The first-order valence-corrected chi connectivity index (χ1v) is 3.60. The summed E-state index contributed by atoms with van der Waals surface area (Å²) in [7, 11) is 0. The zero-order valence-electron chi connectivity index (χ0n) is 6.00. The number of carbonyl (C=O) groups is 1. The fourth-order valence-corrected chi connectivity index (χ4v) is 1.70. The zero-order chi connectivity index (χ0) is 7.35. The molecule has 2 aliphatic rings. The molecule has 0 bridgehead atoms. The molecule has 1 N–H and O–H groups in total. The first-order valence-electron chi connectivity index (χ1n) is 3.60. The van der Waals surface area contributed by atoms with Crippen molar-refractivity contribution < 1.29 is 9.90 Å². The standard InChI is InChI=1S/C7H11NO2/c1-5(9)8-3-6-2-7(6,10)4-8/h6,10H,2-4H2,1H3. The van der Waals surface area contributed by atoms with Gasteiger partial charge in [-0.3, -0.25) is 4.79 Å². The summed E-state index contributed by atoms with van der Waals surface area (Å²) in [4.78, 5) is 12.5. The maximum atomic E-state index is 10.8. The van der Waals surface area contributed by atoms with Gasteiger partial charge in [-0.25, -0.2) is 0 Å². The van der Waals surface area contributed by atoms with Crippen LogP contribution in [0.2, 0.25) is 0 Å². The van der Waals surface area contributed by atoms with E-state index in [1.807, 2.05) is 0 Å². The number of rotatable bonds is 0. The minimum atomic E-state index is -0.480. The summed E-state index contributed by atoms with van der Waals surface area (Å²) in [5.41, 5.74) is -0.480. The van der Waals surface area contributed by atoms with Gasteiger partial charge in [0.25, 0.3) is 0 Å². The number of hydrogen-bond donors (Lipinski definition) is 1. The molecule has 56 valence electrons. The van der Waals surface area contributed by atoms with Crippen LogP contribution < -0.4 is 0 Å². The Bertz CT molecular complexity index is 192. The second-order valence-corrected chi connectivity index (χ2v) is 3.40. The summed E-state index contributed by atoms with van der Waals surface area (Å²) < 4.78 is 0. The van der Waals surface area contributed by atoms with Crippen LogP contribution in [0.1, 0.15) is 13.3 Å². The van der Waals surface area contributed by atoms with Crippen LogP contribution in [0.15, 0.2) is 0 Å². The van der Waals surface area contributed by atoms with E-state index < -0.39 is 5.60 Å². The minimum Gasteiger partial charge on any atom is -0.388 e. The average Bonchev–Trinajstić information content (AvgIpc) is 2.32. The lowest BCUT2D eigenvalue weighted by molar-refractivity contribution is -0.128. The molecule has 1 aliphatic heterocycles. The average molecular weight is 141 g/mol. The summed E-state index contributed by atoms with van der Waals surface area (Å²) in [5, 5.41) is 9.49. The second-order valence-electron chi connectivity index (χ2n) is 3.40. The number of amides is 1. The van der Waals surface area contributed by atoms with Gasteiger partial charge in [0.15, 0.2) is 0 Å². The molecule has 3 heteroatoms. The highest BCUT2D eigenvalue weighted by molar-refractivity contribution is 5.74. The van der Waals surface area contributed by atoms with Gasteiger partial charge in [-0.1, -0.05) is 0 Å². The van der Waals surface area contributed by atoms with Crippen molar-refractivity contribution in [3.8, 4) is 0 Å². The highest BCUT2D eigenvalue weighted by Crippen LogP contribution is 2.49. The maximum Gasteiger partial charge on any atom is 0.219 e. The molecule has 2 unspecified atom stereocenters. The van der Waals surface area contributed by atoms with Gasteiger partial charge in [-0.2, -0.15) is 0 Å². The molecule has 2 fully saturated rings. The van der Waals surface area contributed by atoms with Crippen molar-refractivity contribution in [1.29, 1.82) is 0 Å². The molecule has 10 heavy (non-hydrogen) atoms. The Morgan fingerprint density at radius 1 is 1.80 bits per heavy atom. The van der Waals surface area contributed by atoms with Crippen molar-refractivity contribution in [2.45, 2.75) is 18.9 Å². The predicted octanol–water partition coefficient (Wildman–Crippen LogP) is -0.401. The minimum absolute atomic E-state index is 0.0839. The van der Waals surface area contributed by atoms with Crippen molar-refractivity contribution >= 4 is 5.91 Å².